The largest absolute Gasteiger partial charge is 0.367 e. The van der Waals surface area contributed by atoms with Gasteiger partial charge in [-0.25, -0.2) is 0 Å². The van der Waals surface area contributed by atoms with Crippen LogP contribution in [0.3, 0.4) is 0 Å². The van der Waals surface area contributed by atoms with Crippen LogP contribution in [0.1, 0.15) is 32.3 Å². The van der Waals surface area contributed by atoms with Crippen molar-refractivity contribution in [1.29, 1.82) is 5.26 Å². The fourth-order valence-corrected chi connectivity index (χ4v) is 2.71. The maximum atomic E-state index is 11.1. The highest BCUT2D eigenvalue weighted by atomic mass is 16.6. The molecule has 6 nitrogen and oxygen atoms in total. The predicted molar refractivity (Wildman–Crippen MR) is 81.3 cm³/mol. The Hall–Kier alpha value is -2.13. The van der Waals surface area contributed by atoms with Crippen molar-refractivity contribution in [2.45, 2.75) is 38.8 Å². The fourth-order valence-electron chi connectivity index (χ4n) is 2.71. The van der Waals surface area contributed by atoms with Crippen molar-refractivity contribution in [2.24, 2.45) is 0 Å². The molecule has 1 aromatic carbocycles. The Morgan fingerprint density at radius 1 is 1.57 bits per heavy atom. The van der Waals surface area contributed by atoms with E-state index >= 15 is 0 Å². The van der Waals surface area contributed by atoms with Crippen LogP contribution in [0, 0.1) is 21.4 Å². The molecular formula is C15H20N4O2. The van der Waals surface area contributed by atoms with Crippen LogP contribution in [-0.2, 0) is 0 Å². The number of nitrogens with zero attached hydrogens (tertiary/aromatic N) is 3. The third kappa shape index (κ3) is 3.50. The molecule has 112 valence electrons. The van der Waals surface area contributed by atoms with E-state index in [1.54, 1.807) is 6.07 Å². The van der Waals surface area contributed by atoms with Gasteiger partial charge >= 0.3 is 0 Å². The van der Waals surface area contributed by atoms with Crippen LogP contribution >= 0.6 is 0 Å². The molecule has 1 aliphatic heterocycles. The monoisotopic (exact) mass is 288 g/mol. The molecule has 6 heteroatoms. The van der Waals surface area contributed by atoms with Crippen LogP contribution in [-0.4, -0.2) is 30.1 Å². The quantitative estimate of drug-likeness (QED) is 0.664. The maximum absolute atomic E-state index is 11.1. The van der Waals surface area contributed by atoms with Gasteiger partial charge in [-0.3, -0.25) is 10.1 Å². The first-order valence-electron chi connectivity index (χ1n) is 7.21. The van der Waals surface area contributed by atoms with Crippen LogP contribution in [0.4, 0.5) is 11.4 Å². The van der Waals surface area contributed by atoms with Gasteiger partial charge < -0.3 is 10.2 Å². The Kier molecular flexibility index (Phi) is 4.76. The minimum absolute atomic E-state index is 0.103. The van der Waals surface area contributed by atoms with E-state index < -0.39 is 4.92 Å². The van der Waals surface area contributed by atoms with Gasteiger partial charge in [0.2, 0.25) is 0 Å². The lowest BCUT2D eigenvalue weighted by atomic mass is 10.1. The molecule has 21 heavy (non-hydrogen) atoms. The zero-order valence-electron chi connectivity index (χ0n) is 12.4. The molecule has 1 saturated heterocycles. The average molecular weight is 288 g/mol. The van der Waals surface area contributed by atoms with Crippen LogP contribution in [0.15, 0.2) is 18.2 Å². The lowest BCUT2D eigenvalue weighted by Crippen LogP contribution is -2.41. The molecular weight excluding hydrogens is 268 g/mol. The lowest BCUT2D eigenvalue weighted by Gasteiger charge is -2.31. The summed E-state index contributed by atoms with van der Waals surface area (Å²) in [6, 6.07) is 7.36. The molecule has 0 aliphatic carbocycles. The smallest absolute Gasteiger partial charge is 0.289 e. The van der Waals surface area contributed by atoms with Crippen molar-refractivity contribution in [3.63, 3.8) is 0 Å². The number of nitro benzene ring substituents is 1. The SMILES string of the molecule is CC(C)N(CC1CCCN1)c1ccc(C#N)c([N+](=O)[O-])c1. The highest BCUT2D eigenvalue weighted by molar-refractivity contribution is 5.60. The van der Waals surface area contributed by atoms with E-state index in [0.717, 1.165) is 25.2 Å². The number of hydrogen-bond acceptors (Lipinski definition) is 5. The zero-order valence-corrected chi connectivity index (χ0v) is 12.4. The second kappa shape index (κ2) is 6.55. The maximum Gasteiger partial charge on any atom is 0.289 e. The molecule has 1 heterocycles. The van der Waals surface area contributed by atoms with Crippen molar-refractivity contribution < 1.29 is 4.92 Å². The summed E-state index contributed by atoms with van der Waals surface area (Å²) in [7, 11) is 0. The Morgan fingerprint density at radius 2 is 2.33 bits per heavy atom. The normalized spacial score (nSPS) is 17.7. The fraction of sp³-hybridized carbons (Fsp3) is 0.533. The van der Waals surface area contributed by atoms with Gasteiger partial charge in [-0.1, -0.05) is 0 Å². The van der Waals surface area contributed by atoms with E-state index in [4.69, 9.17) is 5.26 Å². The van der Waals surface area contributed by atoms with Gasteiger partial charge in [-0.2, -0.15) is 5.26 Å². The Bertz CT molecular complexity index is 559. The van der Waals surface area contributed by atoms with E-state index in [0.29, 0.717) is 6.04 Å². The summed E-state index contributed by atoms with van der Waals surface area (Å²) in [5.41, 5.74) is 0.774. The number of nitriles is 1. The lowest BCUT2D eigenvalue weighted by molar-refractivity contribution is -0.385. The van der Waals surface area contributed by atoms with Crippen molar-refractivity contribution in [1.82, 2.24) is 5.32 Å². The first-order valence-corrected chi connectivity index (χ1v) is 7.21. The minimum Gasteiger partial charge on any atom is -0.367 e. The summed E-state index contributed by atoms with van der Waals surface area (Å²) in [4.78, 5) is 12.8. The van der Waals surface area contributed by atoms with Gasteiger partial charge in [0, 0.05) is 30.4 Å². The molecule has 0 saturated carbocycles. The number of nitro groups is 1. The van der Waals surface area contributed by atoms with Crippen LogP contribution in [0.2, 0.25) is 0 Å². The summed E-state index contributed by atoms with van der Waals surface area (Å²) in [5, 5.41) is 23.5. The third-order valence-electron chi connectivity index (χ3n) is 3.83. The highest BCUT2D eigenvalue weighted by Crippen LogP contribution is 2.27. The first-order chi connectivity index (χ1) is 10.0. The molecule has 1 aromatic rings. The number of rotatable bonds is 5. The van der Waals surface area contributed by atoms with Crippen molar-refractivity contribution in [3.8, 4) is 6.07 Å². The van der Waals surface area contributed by atoms with Gasteiger partial charge in [-0.05, 0) is 45.4 Å². The van der Waals surface area contributed by atoms with Gasteiger partial charge in [-0.15, -0.1) is 0 Å². The molecule has 1 fully saturated rings. The van der Waals surface area contributed by atoms with E-state index in [2.05, 4.69) is 24.1 Å². The molecule has 0 aromatic heterocycles. The zero-order chi connectivity index (χ0) is 15.4. The van der Waals surface area contributed by atoms with Crippen LogP contribution in [0.25, 0.3) is 0 Å². The summed E-state index contributed by atoms with van der Waals surface area (Å²) < 4.78 is 0. The van der Waals surface area contributed by atoms with E-state index in [9.17, 15) is 10.1 Å². The van der Waals surface area contributed by atoms with E-state index in [1.165, 1.54) is 18.6 Å². The molecule has 2 rings (SSSR count). The highest BCUT2D eigenvalue weighted by Gasteiger charge is 2.22. The van der Waals surface area contributed by atoms with E-state index in [-0.39, 0.29) is 17.3 Å². The molecule has 1 aliphatic rings. The van der Waals surface area contributed by atoms with Crippen molar-refractivity contribution in [3.05, 3.63) is 33.9 Å². The summed E-state index contributed by atoms with van der Waals surface area (Å²) in [6.45, 7) is 5.99. The standard InChI is InChI=1S/C15H20N4O2/c1-11(2)18(10-13-4-3-7-17-13)14-6-5-12(9-16)15(8-14)19(20)21/h5-6,8,11,13,17H,3-4,7,10H2,1-2H3. The Balaban J connectivity index is 2.29. The number of anilines is 1. The van der Waals surface area contributed by atoms with E-state index in [1.807, 2.05) is 6.07 Å². The second-order valence-electron chi connectivity index (χ2n) is 5.61. The second-order valence-corrected chi connectivity index (χ2v) is 5.61. The summed E-state index contributed by atoms with van der Waals surface area (Å²) in [6.07, 6.45) is 2.30. The van der Waals surface area contributed by atoms with Gasteiger partial charge in [0.05, 0.1) is 4.92 Å². The topological polar surface area (TPSA) is 82.2 Å². The third-order valence-corrected chi connectivity index (χ3v) is 3.83. The number of hydrogen-bond donors (Lipinski definition) is 1. The summed E-state index contributed by atoms with van der Waals surface area (Å²) >= 11 is 0. The summed E-state index contributed by atoms with van der Waals surface area (Å²) in [5.74, 6) is 0. The number of benzene rings is 1. The van der Waals surface area contributed by atoms with Crippen LogP contribution in [0.5, 0.6) is 0 Å². The first kappa shape index (κ1) is 15.3. The molecule has 1 atom stereocenters. The minimum atomic E-state index is -0.492. The molecule has 1 unspecified atom stereocenters. The Labute approximate surface area is 124 Å². The van der Waals surface area contributed by atoms with Crippen LogP contribution < -0.4 is 10.2 Å². The van der Waals surface area contributed by atoms with Gasteiger partial charge in [0.1, 0.15) is 11.6 Å². The number of nitrogens with one attached hydrogen (secondary N) is 1. The molecule has 0 amide bonds. The molecule has 0 spiro atoms. The Morgan fingerprint density at radius 3 is 2.86 bits per heavy atom. The average Bonchev–Trinajstić information content (AvgIpc) is 2.96. The molecule has 1 N–H and O–H groups in total. The van der Waals surface area contributed by atoms with Crippen molar-refractivity contribution in [2.75, 3.05) is 18.0 Å². The van der Waals surface area contributed by atoms with Crippen molar-refractivity contribution >= 4 is 11.4 Å². The molecule has 0 bridgehead atoms. The van der Waals surface area contributed by atoms with Gasteiger partial charge in [0.25, 0.3) is 5.69 Å². The molecule has 0 radical (unpaired) electrons. The predicted octanol–water partition coefficient (Wildman–Crippen LogP) is 2.43. The van der Waals surface area contributed by atoms with Gasteiger partial charge in [0.15, 0.2) is 0 Å².